The monoisotopic (exact) mass is 225 g/mol. The minimum Gasteiger partial charge on any atom is -0.466 e. The summed E-state index contributed by atoms with van der Waals surface area (Å²) in [5.74, 6) is 1.08. The summed E-state index contributed by atoms with van der Waals surface area (Å²) in [5.41, 5.74) is 0. The Morgan fingerprint density at radius 1 is 1.31 bits per heavy atom. The number of esters is 1. The number of nitrogens with one attached hydrogen (secondary N) is 1. The van der Waals surface area contributed by atoms with Gasteiger partial charge in [-0.25, -0.2) is 0 Å². The van der Waals surface area contributed by atoms with Crippen LogP contribution in [0.1, 0.15) is 45.4 Å². The lowest BCUT2D eigenvalue weighted by Gasteiger charge is -2.19. The van der Waals surface area contributed by atoms with Crippen molar-refractivity contribution in [2.24, 2.45) is 11.8 Å². The molecule has 92 valence electrons. The molecule has 0 bridgehead atoms. The molecule has 2 saturated carbocycles. The molecule has 1 N–H and O–H groups in total. The Balaban J connectivity index is 1.71. The predicted octanol–water partition coefficient (Wildman–Crippen LogP) is 2.11. The Morgan fingerprint density at radius 2 is 2.12 bits per heavy atom. The summed E-state index contributed by atoms with van der Waals surface area (Å²) in [6, 6.07) is 0.373. The number of carbonyl (C=O) groups excluding carboxylic acids is 1. The van der Waals surface area contributed by atoms with Gasteiger partial charge in [-0.05, 0) is 38.6 Å². The summed E-state index contributed by atoms with van der Waals surface area (Å²) < 4.78 is 5.12. The van der Waals surface area contributed by atoms with E-state index >= 15 is 0 Å². The number of hydrogen-bond acceptors (Lipinski definition) is 3. The molecule has 0 heterocycles. The average Bonchev–Trinajstić information content (AvgIpc) is 2.96. The first kappa shape index (κ1) is 11.9. The molecular weight excluding hydrogens is 202 g/mol. The second kappa shape index (κ2) is 5.67. The SMILES string of the molecule is CCOC(=O)C1CCCC1NCCC1CC1. The summed E-state index contributed by atoms with van der Waals surface area (Å²) in [4.78, 5) is 11.7. The maximum absolute atomic E-state index is 11.7. The van der Waals surface area contributed by atoms with Crippen LogP contribution in [0.5, 0.6) is 0 Å². The Labute approximate surface area is 97.9 Å². The summed E-state index contributed by atoms with van der Waals surface area (Å²) in [6.45, 7) is 3.46. The molecule has 0 saturated heterocycles. The van der Waals surface area contributed by atoms with Gasteiger partial charge in [0.15, 0.2) is 0 Å². The zero-order valence-corrected chi connectivity index (χ0v) is 10.2. The van der Waals surface area contributed by atoms with Crippen LogP contribution in [0.25, 0.3) is 0 Å². The van der Waals surface area contributed by atoms with Crippen molar-refractivity contribution in [3.8, 4) is 0 Å². The largest absolute Gasteiger partial charge is 0.466 e. The standard InChI is InChI=1S/C13H23NO2/c1-2-16-13(15)11-4-3-5-12(11)14-9-8-10-6-7-10/h10-12,14H,2-9H2,1H3. The molecule has 2 unspecified atom stereocenters. The average molecular weight is 225 g/mol. The fraction of sp³-hybridized carbons (Fsp3) is 0.923. The Morgan fingerprint density at radius 3 is 2.81 bits per heavy atom. The van der Waals surface area contributed by atoms with Crippen LogP contribution in [0.3, 0.4) is 0 Å². The van der Waals surface area contributed by atoms with Gasteiger partial charge >= 0.3 is 5.97 Å². The first-order valence-electron chi connectivity index (χ1n) is 6.71. The molecule has 0 aromatic heterocycles. The van der Waals surface area contributed by atoms with E-state index in [2.05, 4.69) is 5.32 Å². The summed E-state index contributed by atoms with van der Waals surface area (Å²) >= 11 is 0. The van der Waals surface area contributed by atoms with E-state index in [9.17, 15) is 4.79 Å². The van der Waals surface area contributed by atoms with E-state index < -0.39 is 0 Å². The maximum atomic E-state index is 11.7. The lowest BCUT2D eigenvalue weighted by atomic mass is 10.0. The number of rotatable bonds is 6. The summed E-state index contributed by atoms with van der Waals surface area (Å²) in [6.07, 6.45) is 7.39. The zero-order valence-electron chi connectivity index (χ0n) is 10.2. The normalized spacial score (nSPS) is 29.3. The topological polar surface area (TPSA) is 38.3 Å². The van der Waals surface area contributed by atoms with Crippen LogP contribution in [0.4, 0.5) is 0 Å². The molecule has 0 radical (unpaired) electrons. The molecule has 2 fully saturated rings. The Kier molecular flexibility index (Phi) is 4.22. The minimum atomic E-state index is 0.00363. The van der Waals surface area contributed by atoms with E-state index in [1.807, 2.05) is 6.92 Å². The third-order valence-electron chi connectivity index (χ3n) is 3.76. The lowest BCUT2D eigenvalue weighted by molar-refractivity contribution is -0.148. The maximum Gasteiger partial charge on any atom is 0.310 e. The molecule has 2 atom stereocenters. The molecule has 0 amide bonds. The predicted molar refractivity (Wildman–Crippen MR) is 63.1 cm³/mol. The first-order valence-corrected chi connectivity index (χ1v) is 6.71. The quantitative estimate of drug-likeness (QED) is 0.704. The van der Waals surface area contributed by atoms with Gasteiger partial charge in [0.2, 0.25) is 0 Å². The number of carbonyl (C=O) groups is 1. The van der Waals surface area contributed by atoms with Crippen LogP contribution in [0, 0.1) is 11.8 Å². The van der Waals surface area contributed by atoms with Gasteiger partial charge in [0.1, 0.15) is 0 Å². The second-order valence-corrected chi connectivity index (χ2v) is 5.08. The molecule has 2 rings (SSSR count). The molecule has 3 nitrogen and oxygen atoms in total. The zero-order chi connectivity index (χ0) is 11.4. The van der Waals surface area contributed by atoms with Crippen LogP contribution in [0.15, 0.2) is 0 Å². The van der Waals surface area contributed by atoms with Crippen molar-refractivity contribution in [1.82, 2.24) is 5.32 Å². The van der Waals surface area contributed by atoms with E-state index in [0.717, 1.165) is 31.7 Å². The molecule has 16 heavy (non-hydrogen) atoms. The summed E-state index contributed by atoms with van der Waals surface area (Å²) in [5, 5.41) is 3.54. The number of hydrogen-bond donors (Lipinski definition) is 1. The van der Waals surface area contributed by atoms with Crippen molar-refractivity contribution in [3.05, 3.63) is 0 Å². The molecule has 2 aliphatic rings. The van der Waals surface area contributed by atoms with Gasteiger partial charge in [-0.15, -0.1) is 0 Å². The van der Waals surface area contributed by atoms with E-state index in [1.165, 1.54) is 19.3 Å². The van der Waals surface area contributed by atoms with Gasteiger partial charge in [0, 0.05) is 6.04 Å². The third kappa shape index (κ3) is 3.21. The lowest BCUT2D eigenvalue weighted by Crippen LogP contribution is -2.37. The molecule has 0 aromatic rings. The van der Waals surface area contributed by atoms with E-state index in [4.69, 9.17) is 4.74 Å². The minimum absolute atomic E-state index is 0.00363. The van der Waals surface area contributed by atoms with E-state index in [-0.39, 0.29) is 11.9 Å². The van der Waals surface area contributed by atoms with Crippen LogP contribution in [-0.4, -0.2) is 25.2 Å². The highest BCUT2D eigenvalue weighted by Gasteiger charge is 2.33. The van der Waals surface area contributed by atoms with Gasteiger partial charge in [-0.2, -0.15) is 0 Å². The molecule has 0 spiro atoms. The Hall–Kier alpha value is -0.570. The fourth-order valence-corrected chi connectivity index (χ4v) is 2.62. The molecule has 2 aliphatic carbocycles. The van der Waals surface area contributed by atoms with Crippen LogP contribution < -0.4 is 5.32 Å². The van der Waals surface area contributed by atoms with Crippen molar-refractivity contribution < 1.29 is 9.53 Å². The first-order chi connectivity index (χ1) is 7.81. The van der Waals surface area contributed by atoms with Crippen molar-refractivity contribution in [2.45, 2.75) is 51.5 Å². The highest BCUT2D eigenvalue weighted by atomic mass is 16.5. The third-order valence-corrected chi connectivity index (χ3v) is 3.76. The van der Waals surface area contributed by atoms with Crippen molar-refractivity contribution in [3.63, 3.8) is 0 Å². The second-order valence-electron chi connectivity index (χ2n) is 5.08. The van der Waals surface area contributed by atoms with Gasteiger partial charge in [-0.3, -0.25) is 4.79 Å². The Bertz CT molecular complexity index is 238. The van der Waals surface area contributed by atoms with Crippen LogP contribution in [0.2, 0.25) is 0 Å². The van der Waals surface area contributed by atoms with E-state index in [0.29, 0.717) is 12.6 Å². The van der Waals surface area contributed by atoms with Crippen LogP contribution in [-0.2, 0) is 9.53 Å². The fourth-order valence-electron chi connectivity index (χ4n) is 2.62. The smallest absolute Gasteiger partial charge is 0.310 e. The van der Waals surface area contributed by atoms with Gasteiger partial charge in [0.25, 0.3) is 0 Å². The highest BCUT2D eigenvalue weighted by Crippen LogP contribution is 2.32. The molecule has 0 aliphatic heterocycles. The van der Waals surface area contributed by atoms with Crippen LogP contribution >= 0.6 is 0 Å². The summed E-state index contributed by atoms with van der Waals surface area (Å²) in [7, 11) is 0. The number of ether oxygens (including phenoxy) is 1. The van der Waals surface area contributed by atoms with Gasteiger partial charge in [-0.1, -0.05) is 19.3 Å². The van der Waals surface area contributed by atoms with E-state index in [1.54, 1.807) is 0 Å². The van der Waals surface area contributed by atoms with Crippen molar-refractivity contribution in [2.75, 3.05) is 13.2 Å². The van der Waals surface area contributed by atoms with Crippen molar-refractivity contribution >= 4 is 5.97 Å². The molecule has 3 heteroatoms. The van der Waals surface area contributed by atoms with Gasteiger partial charge < -0.3 is 10.1 Å². The van der Waals surface area contributed by atoms with Crippen molar-refractivity contribution in [1.29, 1.82) is 0 Å². The molecular formula is C13H23NO2. The molecule has 0 aromatic carbocycles. The van der Waals surface area contributed by atoms with Gasteiger partial charge in [0.05, 0.1) is 12.5 Å². The highest BCUT2D eigenvalue weighted by molar-refractivity contribution is 5.73.